The SMILES string of the molecule is CCCCOc1ccc(NC(=S)NC(=O)c2ccc(C(=O)OC)cc2)cc1. The Bertz CT molecular complexity index is 789. The van der Waals surface area contributed by atoms with E-state index in [2.05, 4.69) is 22.3 Å². The molecular weight excluding hydrogens is 364 g/mol. The average Bonchev–Trinajstić information content (AvgIpc) is 2.69. The molecule has 7 heteroatoms. The minimum absolute atomic E-state index is 0.177. The summed E-state index contributed by atoms with van der Waals surface area (Å²) in [6.07, 6.45) is 2.09. The van der Waals surface area contributed by atoms with Gasteiger partial charge in [0, 0.05) is 11.3 Å². The molecule has 0 saturated carbocycles. The fourth-order valence-corrected chi connectivity index (χ4v) is 2.39. The molecule has 2 aromatic rings. The van der Waals surface area contributed by atoms with Crippen LogP contribution in [0.25, 0.3) is 0 Å². The number of carbonyl (C=O) groups excluding carboxylic acids is 2. The fourth-order valence-electron chi connectivity index (χ4n) is 2.18. The third kappa shape index (κ3) is 6.38. The van der Waals surface area contributed by atoms with E-state index in [-0.39, 0.29) is 11.0 Å². The molecule has 0 aliphatic carbocycles. The summed E-state index contributed by atoms with van der Waals surface area (Å²) >= 11 is 5.17. The third-order valence-corrected chi connectivity index (χ3v) is 3.88. The van der Waals surface area contributed by atoms with Crippen LogP contribution in [0.1, 0.15) is 40.5 Å². The lowest BCUT2D eigenvalue weighted by molar-refractivity contribution is 0.0600. The maximum absolute atomic E-state index is 12.2. The number of rotatable bonds is 7. The van der Waals surface area contributed by atoms with Crippen LogP contribution in [-0.4, -0.2) is 30.7 Å². The van der Waals surface area contributed by atoms with Gasteiger partial charge in [-0.1, -0.05) is 13.3 Å². The summed E-state index contributed by atoms with van der Waals surface area (Å²) in [4.78, 5) is 23.6. The molecule has 2 rings (SSSR count). The van der Waals surface area contributed by atoms with Crippen molar-refractivity contribution >= 4 is 34.9 Å². The molecule has 1 amide bonds. The number of anilines is 1. The molecule has 2 aromatic carbocycles. The molecule has 0 fully saturated rings. The van der Waals surface area contributed by atoms with E-state index >= 15 is 0 Å². The summed E-state index contributed by atoms with van der Waals surface area (Å²) in [7, 11) is 1.30. The van der Waals surface area contributed by atoms with E-state index < -0.39 is 5.97 Å². The molecule has 0 unspecified atom stereocenters. The Balaban J connectivity index is 1.87. The summed E-state index contributed by atoms with van der Waals surface area (Å²) in [5.41, 5.74) is 1.49. The third-order valence-electron chi connectivity index (χ3n) is 3.67. The maximum Gasteiger partial charge on any atom is 0.337 e. The smallest absolute Gasteiger partial charge is 0.337 e. The van der Waals surface area contributed by atoms with Crippen LogP contribution in [0.3, 0.4) is 0 Å². The second-order valence-corrected chi connectivity index (χ2v) is 6.11. The Morgan fingerprint density at radius 3 is 2.22 bits per heavy atom. The van der Waals surface area contributed by atoms with Crippen LogP contribution in [0.15, 0.2) is 48.5 Å². The van der Waals surface area contributed by atoms with E-state index in [1.165, 1.54) is 31.4 Å². The van der Waals surface area contributed by atoms with Crippen molar-refractivity contribution in [2.24, 2.45) is 0 Å². The maximum atomic E-state index is 12.2. The molecule has 0 aromatic heterocycles. The van der Waals surface area contributed by atoms with E-state index in [0.717, 1.165) is 24.3 Å². The highest BCUT2D eigenvalue weighted by Crippen LogP contribution is 2.16. The van der Waals surface area contributed by atoms with Crippen LogP contribution in [0.5, 0.6) is 5.75 Å². The minimum atomic E-state index is -0.457. The first-order valence-corrected chi connectivity index (χ1v) is 8.98. The van der Waals surface area contributed by atoms with Crippen LogP contribution in [0.2, 0.25) is 0 Å². The lowest BCUT2D eigenvalue weighted by atomic mass is 10.1. The van der Waals surface area contributed by atoms with Gasteiger partial charge in [-0.3, -0.25) is 10.1 Å². The van der Waals surface area contributed by atoms with Gasteiger partial charge in [-0.05, 0) is 67.2 Å². The van der Waals surface area contributed by atoms with Gasteiger partial charge in [0.25, 0.3) is 5.91 Å². The lowest BCUT2D eigenvalue weighted by Crippen LogP contribution is -2.34. The zero-order chi connectivity index (χ0) is 19.6. The van der Waals surface area contributed by atoms with Gasteiger partial charge in [0.1, 0.15) is 5.75 Å². The monoisotopic (exact) mass is 386 g/mol. The number of benzene rings is 2. The van der Waals surface area contributed by atoms with Gasteiger partial charge in [-0.2, -0.15) is 0 Å². The van der Waals surface area contributed by atoms with Crippen LogP contribution in [-0.2, 0) is 4.74 Å². The largest absolute Gasteiger partial charge is 0.494 e. The van der Waals surface area contributed by atoms with Gasteiger partial charge in [-0.15, -0.1) is 0 Å². The van der Waals surface area contributed by atoms with E-state index in [1.54, 1.807) is 0 Å². The van der Waals surface area contributed by atoms with Crippen LogP contribution < -0.4 is 15.4 Å². The number of unbranched alkanes of at least 4 members (excludes halogenated alkanes) is 1. The summed E-state index contributed by atoms with van der Waals surface area (Å²) in [6, 6.07) is 13.4. The van der Waals surface area contributed by atoms with Crippen molar-refractivity contribution in [1.29, 1.82) is 0 Å². The standard InChI is InChI=1S/C20H22N2O4S/c1-3-4-13-26-17-11-9-16(10-12-17)21-20(27)22-18(23)14-5-7-15(8-6-14)19(24)25-2/h5-12H,3-4,13H2,1-2H3,(H2,21,22,23,27). The number of nitrogens with one attached hydrogen (secondary N) is 2. The molecule has 0 aliphatic rings. The minimum Gasteiger partial charge on any atom is -0.494 e. The molecule has 0 radical (unpaired) electrons. The molecule has 0 bridgehead atoms. The van der Waals surface area contributed by atoms with Gasteiger partial charge < -0.3 is 14.8 Å². The number of esters is 1. The molecule has 142 valence electrons. The first-order valence-electron chi connectivity index (χ1n) is 8.57. The number of ether oxygens (including phenoxy) is 2. The first kappa shape index (κ1) is 20.4. The molecule has 0 atom stereocenters. The lowest BCUT2D eigenvalue weighted by Gasteiger charge is -2.11. The van der Waals surface area contributed by atoms with Gasteiger partial charge in [-0.25, -0.2) is 4.79 Å². The highest BCUT2D eigenvalue weighted by atomic mass is 32.1. The Hall–Kier alpha value is -2.93. The first-order chi connectivity index (χ1) is 13.0. The molecule has 2 N–H and O–H groups in total. The van der Waals surface area contributed by atoms with Gasteiger partial charge in [0.15, 0.2) is 5.11 Å². The number of hydrogen-bond donors (Lipinski definition) is 2. The number of thiocarbonyl (C=S) groups is 1. The fraction of sp³-hybridized carbons (Fsp3) is 0.250. The van der Waals surface area contributed by atoms with Crippen LogP contribution >= 0.6 is 12.2 Å². The van der Waals surface area contributed by atoms with Crippen molar-refractivity contribution in [3.63, 3.8) is 0 Å². The Morgan fingerprint density at radius 1 is 1.00 bits per heavy atom. The Kier molecular flexibility index (Phi) is 7.76. The number of methoxy groups -OCH3 is 1. The Morgan fingerprint density at radius 2 is 1.63 bits per heavy atom. The van der Waals surface area contributed by atoms with Crippen LogP contribution in [0, 0.1) is 0 Å². The number of hydrogen-bond acceptors (Lipinski definition) is 5. The van der Waals surface area contributed by atoms with Crippen molar-refractivity contribution in [2.45, 2.75) is 19.8 Å². The predicted molar refractivity (Wildman–Crippen MR) is 108 cm³/mol. The molecular formula is C20H22N2O4S. The second-order valence-electron chi connectivity index (χ2n) is 5.70. The second kappa shape index (κ2) is 10.3. The van der Waals surface area contributed by atoms with Crippen molar-refractivity contribution in [3.05, 3.63) is 59.7 Å². The molecule has 0 heterocycles. The van der Waals surface area contributed by atoms with Crippen molar-refractivity contribution < 1.29 is 19.1 Å². The molecule has 0 aliphatic heterocycles. The molecule has 6 nitrogen and oxygen atoms in total. The quantitative estimate of drug-likeness (QED) is 0.428. The summed E-state index contributed by atoms with van der Waals surface area (Å²) < 4.78 is 10.2. The van der Waals surface area contributed by atoms with Crippen molar-refractivity contribution in [1.82, 2.24) is 5.32 Å². The summed E-state index contributed by atoms with van der Waals surface area (Å²) in [6.45, 7) is 2.80. The average molecular weight is 386 g/mol. The molecule has 0 saturated heterocycles. The number of carbonyl (C=O) groups is 2. The molecule has 0 spiro atoms. The summed E-state index contributed by atoms with van der Waals surface area (Å²) in [5.74, 6) is -0.0423. The van der Waals surface area contributed by atoms with Gasteiger partial charge >= 0.3 is 5.97 Å². The Labute approximate surface area is 163 Å². The van der Waals surface area contributed by atoms with E-state index in [4.69, 9.17) is 17.0 Å². The predicted octanol–water partition coefficient (Wildman–Crippen LogP) is 3.78. The summed E-state index contributed by atoms with van der Waals surface area (Å²) in [5, 5.41) is 5.72. The topological polar surface area (TPSA) is 76.7 Å². The number of amides is 1. The van der Waals surface area contributed by atoms with E-state index in [9.17, 15) is 9.59 Å². The normalized spacial score (nSPS) is 10.0. The zero-order valence-electron chi connectivity index (χ0n) is 15.3. The van der Waals surface area contributed by atoms with E-state index in [0.29, 0.717) is 17.7 Å². The van der Waals surface area contributed by atoms with Gasteiger partial charge in [0.2, 0.25) is 0 Å². The van der Waals surface area contributed by atoms with E-state index in [1.807, 2.05) is 24.3 Å². The van der Waals surface area contributed by atoms with Gasteiger partial charge in [0.05, 0.1) is 19.3 Å². The highest BCUT2D eigenvalue weighted by molar-refractivity contribution is 7.80. The van der Waals surface area contributed by atoms with Crippen LogP contribution in [0.4, 0.5) is 5.69 Å². The molecule has 27 heavy (non-hydrogen) atoms. The van der Waals surface area contributed by atoms with Crippen molar-refractivity contribution in [2.75, 3.05) is 19.0 Å². The van der Waals surface area contributed by atoms with Crippen molar-refractivity contribution in [3.8, 4) is 5.75 Å². The zero-order valence-corrected chi connectivity index (χ0v) is 16.1. The highest BCUT2D eigenvalue weighted by Gasteiger charge is 2.10.